The van der Waals surface area contributed by atoms with Gasteiger partial charge in [-0.05, 0) is 32.2 Å². The van der Waals surface area contributed by atoms with Crippen LogP contribution in [0, 0.1) is 0 Å². The van der Waals surface area contributed by atoms with Crippen LogP contribution in [0.2, 0.25) is 0 Å². The molecule has 2 amide bonds. The number of hydrogen-bond acceptors (Lipinski definition) is 4. The number of carbonyl (C=O) groups is 2. The molecular formula is C19H26N4O2S. The van der Waals surface area contributed by atoms with Gasteiger partial charge in [-0.15, -0.1) is 11.8 Å². The van der Waals surface area contributed by atoms with Crippen molar-refractivity contribution in [3.8, 4) is 0 Å². The Morgan fingerprint density at radius 2 is 2.00 bits per heavy atom. The summed E-state index contributed by atoms with van der Waals surface area (Å²) < 4.78 is 1.84. The van der Waals surface area contributed by atoms with E-state index >= 15 is 0 Å². The lowest BCUT2D eigenvalue weighted by Gasteiger charge is -2.20. The molecule has 1 N–H and O–H groups in total. The Bertz CT molecular complexity index is 745. The number of rotatable bonds is 9. The molecule has 7 heteroatoms. The first-order chi connectivity index (χ1) is 12.6. The number of amides is 2. The summed E-state index contributed by atoms with van der Waals surface area (Å²) >= 11 is 1.58. The number of thioether (sulfide) groups is 1. The second-order valence-electron chi connectivity index (χ2n) is 5.86. The van der Waals surface area contributed by atoms with Crippen LogP contribution >= 0.6 is 11.8 Å². The lowest BCUT2D eigenvalue weighted by Crippen LogP contribution is -2.30. The highest BCUT2D eigenvalue weighted by atomic mass is 32.2. The molecule has 6 nitrogen and oxygen atoms in total. The Balaban J connectivity index is 1.86. The number of benzene rings is 1. The van der Waals surface area contributed by atoms with Crippen molar-refractivity contribution in [2.45, 2.75) is 44.7 Å². The van der Waals surface area contributed by atoms with Crippen LogP contribution < -0.4 is 5.32 Å². The molecule has 0 fully saturated rings. The van der Waals surface area contributed by atoms with E-state index in [1.807, 2.05) is 55.2 Å². The average molecular weight is 375 g/mol. The van der Waals surface area contributed by atoms with Crippen molar-refractivity contribution in [2.75, 3.05) is 18.1 Å². The van der Waals surface area contributed by atoms with Crippen molar-refractivity contribution < 1.29 is 9.59 Å². The van der Waals surface area contributed by atoms with Gasteiger partial charge in [0.05, 0.1) is 11.9 Å². The summed E-state index contributed by atoms with van der Waals surface area (Å²) in [7, 11) is 0. The minimum absolute atomic E-state index is 0.0231. The molecule has 0 aliphatic rings. The summed E-state index contributed by atoms with van der Waals surface area (Å²) in [6.45, 7) is 5.89. The normalized spacial score (nSPS) is 10.6. The number of nitrogens with zero attached hydrogens (tertiary/aromatic N) is 3. The minimum Gasteiger partial charge on any atom is -0.339 e. The molecule has 0 saturated carbocycles. The zero-order valence-corrected chi connectivity index (χ0v) is 16.4. The predicted octanol–water partition coefficient (Wildman–Crippen LogP) is 3.39. The summed E-state index contributed by atoms with van der Waals surface area (Å²) in [5.74, 6) is -0.167. The zero-order chi connectivity index (χ0) is 18.9. The largest absolute Gasteiger partial charge is 0.339 e. The Morgan fingerprint density at radius 3 is 2.65 bits per heavy atom. The van der Waals surface area contributed by atoms with Gasteiger partial charge in [0.2, 0.25) is 11.8 Å². The second-order valence-corrected chi connectivity index (χ2v) is 6.71. The highest BCUT2D eigenvalue weighted by Gasteiger charge is 2.15. The van der Waals surface area contributed by atoms with Gasteiger partial charge in [0.1, 0.15) is 0 Å². The second kappa shape index (κ2) is 10.0. The SMILES string of the molecule is CCN(Cc1cnn(CC)c1)C(=O)CCC(=O)Nc1ccccc1SC. The molecule has 0 aliphatic carbocycles. The molecule has 0 aliphatic heterocycles. The number of carbonyl (C=O) groups excluding carboxylic acids is 2. The van der Waals surface area contributed by atoms with Crippen LogP contribution in [0.4, 0.5) is 5.69 Å². The zero-order valence-electron chi connectivity index (χ0n) is 15.6. The van der Waals surface area contributed by atoms with Crippen LogP contribution in [0.3, 0.4) is 0 Å². The van der Waals surface area contributed by atoms with Gasteiger partial charge >= 0.3 is 0 Å². The first-order valence-corrected chi connectivity index (χ1v) is 10.0. The molecule has 0 atom stereocenters. The Morgan fingerprint density at radius 1 is 1.23 bits per heavy atom. The highest BCUT2D eigenvalue weighted by molar-refractivity contribution is 7.98. The molecular weight excluding hydrogens is 348 g/mol. The van der Waals surface area contributed by atoms with Gasteiger partial charge in [0, 0.05) is 49.1 Å². The summed E-state index contributed by atoms with van der Waals surface area (Å²) in [6.07, 6.45) is 6.07. The number of anilines is 1. The highest BCUT2D eigenvalue weighted by Crippen LogP contribution is 2.24. The molecule has 26 heavy (non-hydrogen) atoms. The van der Waals surface area contributed by atoms with Gasteiger partial charge < -0.3 is 10.2 Å². The number of aromatic nitrogens is 2. The Kier molecular flexibility index (Phi) is 7.72. The maximum absolute atomic E-state index is 12.4. The number of nitrogens with one attached hydrogen (secondary N) is 1. The molecule has 1 heterocycles. The molecule has 1 aromatic heterocycles. The summed E-state index contributed by atoms with van der Waals surface area (Å²) in [6, 6.07) is 7.65. The number of para-hydroxylation sites is 1. The van der Waals surface area contributed by atoms with E-state index in [1.54, 1.807) is 22.9 Å². The molecule has 0 saturated heterocycles. The van der Waals surface area contributed by atoms with Gasteiger partial charge in [-0.25, -0.2) is 0 Å². The molecule has 0 unspecified atom stereocenters. The van der Waals surface area contributed by atoms with Crippen molar-refractivity contribution in [3.63, 3.8) is 0 Å². The summed E-state index contributed by atoms with van der Waals surface area (Å²) in [4.78, 5) is 27.4. The first-order valence-electron chi connectivity index (χ1n) is 8.79. The van der Waals surface area contributed by atoms with Crippen molar-refractivity contribution >= 4 is 29.3 Å². The molecule has 1 aromatic carbocycles. The molecule has 2 rings (SSSR count). The fraction of sp³-hybridized carbons (Fsp3) is 0.421. The quantitative estimate of drug-likeness (QED) is 0.683. The van der Waals surface area contributed by atoms with Crippen LogP contribution in [0.5, 0.6) is 0 Å². The van der Waals surface area contributed by atoms with Crippen molar-refractivity contribution in [3.05, 3.63) is 42.2 Å². The van der Waals surface area contributed by atoms with Crippen LogP contribution in [0.25, 0.3) is 0 Å². The maximum Gasteiger partial charge on any atom is 0.224 e. The van der Waals surface area contributed by atoms with Crippen LogP contribution in [-0.4, -0.2) is 39.3 Å². The predicted molar refractivity (Wildman–Crippen MR) is 105 cm³/mol. The standard InChI is InChI=1S/C19H26N4O2S/c1-4-22(13-15-12-20-23(5-2)14-15)19(25)11-10-18(24)21-16-8-6-7-9-17(16)26-3/h6-9,12,14H,4-5,10-11,13H2,1-3H3,(H,21,24). The van der Waals surface area contributed by atoms with E-state index in [1.165, 1.54) is 0 Å². The van der Waals surface area contributed by atoms with E-state index in [0.717, 1.165) is 22.7 Å². The molecule has 0 bridgehead atoms. The number of hydrogen-bond donors (Lipinski definition) is 1. The number of aryl methyl sites for hydroxylation is 1. The maximum atomic E-state index is 12.4. The molecule has 0 spiro atoms. The lowest BCUT2D eigenvalue weighted by atomic mass is 10.2. The molecule has 140 valence electrons. The van der Waals surface area contributed by atoms with E-state index in [9.17, 15) is 9.59 Å². The Labute approximate surface area is 159 Å². The topological polar surface area (TPSA) is 67.2 Å². The van der Waals surface area contributed by atoms with E-state index in [-0.39, 0.29) is 24.7 Å². The van der Waals surface area contributed by atoms with Gasteiger partial charge in [0.25, 0.3) is 0 Å². The third-order valence-corrected chi connectivity index (χ3v) is 4.86. The fourth-order valence-corrected chi connectivity index (χ4v) is 3.15. The van der Waals surface area contributed by atoms with Gasteiger partial charge in [0.15, 0.2) is 0 Å². The third-order valence-electron chi connectivity index (χ3n) is 4.07. The van der Waals surface area contributed by atoms with Crippen LogP contribution in [-0.2, 0) is 22.7 Å². The third kappa shape index (κ3) is 5.62. The van der Waals surface area contributed by atoms with E-state index in [0.29, 0.717) is 13.1 Å². The van der Waals surface area contributed by atoms with Gasteiger partial charge in [-0.2, -0.15) is 5.10 Å². The van der Waals surface area contributed by atoms with Crippen LogP contribution in [0.1, 0.15) is 32.3 Å². The molecule has 0 radical (unpaired) electrons. The smallest absolute Gasteiger partial charge is 0.224 e. The fourth-order valence-electron chi connectivity index (χ4n) is 2.60. The Hall–Kier alpha value is -2.28. The first kappa shape index (κ1) is 20.0. The average Bonchev–Trinajstić information content (AvgIpc) is 3.12. The van der Waals surface area contributed by atoms with Gasteiger partial charge in [-0.1, -0.05) is 12.1 Å². The van der Waals surface area contributed by atoms with Crippen LogP contribution in [0.15, 0.2) is 41.6 Å². The minimum atomic E-state index is -0.144. The lowest BCUT2D eigenvalue weighted by molar-refractivity contribution is -0.133. The monoisotopic (exact) mass is 374 g/mol. The van der Waals surface area contributed by atoms with Crippen molar-refractivity contribution in [1.82, 2.24) is 14.7 Å². The molecule has 2 aromatic rings. The van der Waals surface area contributed by atoms with E-state index in [4.69, 9.17) is 0 Å². The van der Waals surface area contributed by atoms with Crippen molar-refractivity contribution in [2.24, 2.45) is 0 Å². The summed E-state index contributed by atoms with van der Waals surface area (Å²) in [5, 5.41) is 7.12. The van der Waals surface area contributed by atoms with E-state index < -0.39 is 0 Å². The van der Waals surface area contributed by atoms with Crippen molar-refractivity contribution in [1.29, 1.82) is 0 Å². The summed E-state index contributed by atoms with van der Waals surface area (Å²) in [5.41, 5.74) is 1.79. The van der Waals surface area contributed by atoms with Gasteiger partial charge in [-0.3, -0.25) is 14.3 Å². The van der Waals surface area contributed by atoms with E-state index in [2.05, 4.69) is 10.4 Å².